The molecule has 2 N–H and O–H groups in total. The summed E-state index contributed by atoms with van der Waals surface area (Å²) in [6, 6.07) is 6.33. The fourth-order valence-electron chi connectivity index (χ4n) is 3.44. The molecule has 0 saturated heterocycles. The average molecular weight is 351 g/mol. The predicted molar refractivity (Wildman–Crippen MR) is 104 cm³/mol. The minimum atomic E-state index is -0.927. The Kier molecular flexibility index (Phi) is 4.72. The van der Waals surface area contributed by atoms with Crippen LogP contribution in [0.5, 0.6) is 0 Å². The molecule has 26 heavy (non-hydrogen) atoms. The lowest BCUT2D eigenvalue weighted by Gasteiger charge is -2.17. The van der Waals surface area contributed by atoms with Crippen molar-refractivity contribution < 1.29 is 9.90 Å². The van der Waals surface area contributed by atoms with Crippen molar-refractivity contribution in [1.82, 2.24) is 9.38 Å². The first kappa shape index (κ1) is 18.0. The van der Waals surface area contributed by atoms with Gasteiger partial charge in [0, 0.05) is 18.4 Å². The van der Waals surface area contributed by atoms with Crippen LogP contribution >= 0.6 is 0 Å². The molecule has 0 spiro atoms. The summed E-state index contributed by atoms with van der Waals surface area (Å²) < 4.78 is 1.87. The number of aryl methyl sites for hydroxylation is 4. The van der Waals surface area contributed by atoms with Crippen molar-refractivity contribution in [2.75, 3.05) is 5.32 Å². The zero-order chi connectivity index (χ0) is 19.0. The number of rotatable bonds is 5. The van der Waals surface area contributed by atoms with Crippen molar-refractivity contribution in [1.29, 1.82) is 0 Å². The van der Waals surface area contributed by atoms with Crippen molar-refractivity contribution in [2.45, 2.75) is 47.6 Å². The molecule has 0 aliphatic heterocycles. The van der Waals surface area contributed by atoms with E-state index in [1.54, 1.807) is 6.20 Å². The first-order valence-electron chi connectivity index (χ1n) is 8.88. The molecule has 2 heterocycles. The number of pyridine rings is 1. The molecule has 1 aromatic carbocycles. The number of aromatic carboxylic acids is 1. The van der Waals surface area contributed by atoms with E-state index in [0.29, 0.717) is 17.7 Å². The number of carboxylic acid groups (broad SMARTS) is 1. The van der Waals surface area contributed by atoms with E-state index < -0.39 is 5.97 Å². The summed E-state index contributed by atoms with van der Waals surface area (Å²) in [6.07, 6.45) is 2.63. The van der Waals surface area contributed by atoms with Crippen molar-refractivity contribution >= 4 is 17.3 Å². The maximum Gasteiger partial charge on any atom is 0.337 e. The Balaban J connectivity index is 2.12. The maximum atomic E-state index is 11.7. The average Bonchev–Trinajstić information content (AvgIpc) is 2.88. The van der Waals surface area contributed by atoms with Gasteiger partial charge in [0.1, 0.15) is 0 Å². The molecule has 5 heteroatoms. The summed E-state index contributed by atoms with van der Waals surface area (Å²) in [7, 11) is 0. The minimum absolute atomic E-state index is 0.293. The lowest BCUT2D eigenvalue weighted by Crippen LogP contribution is -2.11. The monoisotopic (exact) mass is 351 g/mol. The third-order valence-corrected chi connectivity index (χ3v) is 5.21. The highest BCUT2D eigenvalue weighted by molar-refractivity contribution is 5.93. The van der Waals surface area contributed by atoms with Gasteiger partial charge < -0.3 is 14.8 Å². The van der Waals surface area contributed by atoms with Crippen LogP contribution < -0.4 is 5.32 Å². The zero-order valence-electron chi connectivity index (χ0n) is 16.0. The number of benzene rings is 1. The van der Waals surface area contributed by atoms with Gasteiger partial charge in [-0.25, -0.2) is 9.78 Å². The Bertz CT molecular complexity index is 1000. The predicted octanol–water partition coefficient (Wildman–Crippen LogP) is 4.44. The fourth-order valence-corrected chi connectivity index (χ4v) is 3.44. The Morgan fingerprint density at radius 2 is 1.96 bits per heavy atom. The molecule has 0 radical (unpaired) electrons. The molecule has 0 aliphatic rings. The van der Waals surface area contributed by atoms with Crippen LogP contribution in [0.4, 0.5) is 5.69 Å². The number of anilines is 1. The van der Waals surface area contributed by atoms with E-state index in [2.05, 4.69) is 42.3 Å². The van der Waals surface area contributed by atoms with Gasteiger partial charge in [-0.2, -0.15) is 0 Å². The minimum Gasteiger partial charge on any atom is -0.478 e. The van der Waals surface area contributed by atoms with E-state index in [9.17, 15) is 9.90 Å². The number of nitrogens with zero attached hydrogens (tertiary/aromatic N) is 2. The molecule has 0 saturated carbocycles. The molecule has 0 bridgehead atoms. The molecule has 0 atom stereocenters. The number of fused-ring (bicyclic) bond motifs is 1. The van der Waals surface area contributed by atoms with Crippen LogP contribution in [0, 0.1) is 27.7 Å². The molecule has 3 rings (SSSR count). The number of carboxylic acids is 1. The summed E-state index contributed by atoms with van der Waals surface area (Å²) >= 11 is 0. The van der Waals surface area contributed by atoms with Gasteiger partial charge in [-0.05, 0) is 56.4 Å². The highest BCUT2D eigenvalue weighted by Gasteiger charge is 2.19. The Morgan fingerprint density at radius 1 is 1.23 bits per heavy atom. The van der Waals surface area contributed by atoms with Crippen molar-refractivity contribution in [3.8, 4) is 0 Å². The number of imidazole rings is 1. The molecular formula is C21H25N3O2. The number of carbonyl (C=O) groups is 1. The van der Waals surface area contributed by atoms with Gasteiger partial charge in [-0.3, -0.25) is 0 Å². The first-order chi connectivity index (χ1) is 12.3. The third-order valence-electron chi connectivity index (χ3n) is 5.21. The van der Waals surface area contributed by atoms with Gasteiger partial charge in [0.25, 0.3) is 0 Å². The Morgan fingerprint density at radius 3 is 2.62 bits per heavy atom. The van der Waals surface area contributed by atoms with E-state index in [0.717, 1.165) is 29.1 Å². The standard InChI is InChI=1S/C21H25N3O2/c1-6-16-9-7-8-12(2)17(16)10-22-19-13(3)18(21(25)26)11-24-15(5)14(4)23-20(19)24/h7-9,11,22H,6,10H2,1-5H3,(H,25,26). The molecule has 136 valence electrons. The zero-order valence-corrected chi connectivity index (χ0v) is 16.0. The fraction of sp³-hybridized carbons (Fsp3) is 0.333. The summed E-state index contributed by atoms with van der Waals surface area (Å²) in [5.74, 6) is -0.927. The second-order valence-electron chi connectivity index (χ2n) is 6.74. The summed E-state index contributed by atoms with van der Waals surface area (Å²) in [5.41, 5.74) is 8.21. The number of nitrogens with one attached hydrogen (secondary N) is 1. The molecule has 0 unspecified atom stereocenters. The molecule has 0 amide bonds. The van der Waals surface area contributed by atoms with Crippen LogP contribution in [0.2, 0.25) is 0 Å². The SMILES string of the molecule is CCc1cccc(C)c1CNc1c(C)c(C(=O)O)cn2c(C)c(C)nc12. The van der Waals surface area contributed by atoms with Crippen molar-refractivity contribution in [3.05, 3.63) is 63.6 Å². The molecule has 0 fully saturated rings. The lowest BCUT2D eigenvalue weighted by atomic mass is 10.00. The summed E-state index contributed by atoms with van der Waals surface area (Å²) in [4.78, 5) is 16.4. The molecule has 5 nitrogen and oxygen atoms in total. The van der Waals surface area contributed by atoms with Crippen LogP contribution in [-0.2, 0) is 13.0 Å². The summed E-state index contributed by atoms with van der Waals surface area (Å²) in [5, 5.41) is 13.1. The third kappa shape index (κ3) is 2.94. The molecular weight excluding hydrogens is 326 g/mol. The lowest BCUT2D eigenvalue weighted by molar-refractivity contribution is 0.0695. The summed E-state index contributed by atoms with van der Waals surface area (Å²) in [6.45, 7) is 10.6. The Hall–Kier alpha value is -2.82. The van der Waals surface area contributed by atoms with Crippen molar-refractivity contribution in [2.24, 2.45) is 0 Å². The van der Waals surface area contributed by atoms with Gasteiger partial charge in [-0.15, -0.1) is 0 Å². The second kappa shape index (κ2) is 6.83. The van der Waals surface area contributed by atoms with E-state index in [1.165, 1.54) is 16.7 Å². The maximum absolute atomic E-state index is 11.7. The smallest absolute Gasteiger partial charge is 0.337 e. The Labute approximate surface area is 153 Å². The van der Waals surface area contributed by atoms with Crippen LogP contribution in [0.1, 0.15) is 50.9 Å². The van der Waals surface area contributed by atoms with Gasteiger partial charge in [0.2, 0.25) is 0 Å². The van der Waals surface area contributed by atoms with E-state index in [1.807, 2.05) is 25.2 Å². The van der Waals surface area contributed by atoms with Crippen LogP contribution in [0.15, 0.2) is 24.4 Å². The van der Waals surface area contributed by atoms with Crippen LogP contribution in [0.25, 0.3) is 5.65 Å². The second-order valence-corrected chi connectivity index (χ2v) is 6.74. The highest BCUT2D eigenvalue weighted by atomic mass is 16.4. The normalized spacial score (nSPS) is 11.1. The van der Waals surface area contributed by atoms with Gasteiger partial charge in [-0.1, -0.05) is 25.1 Å². The van der Waals surface area contributed by atoms with Crippen LogP contribution in [0.3, 0.4) is 0 Å². The quantitative estimate of drug-likeness (QED) is 0.713. The van der Waals surface area contributed by atoms with E-state index in [-0.39, 0.29) is 0 Å². The molecule has 0 aliphatic carbocycles. The van der Waals surface area contributed by atoms with Gasteiger partial charge in [0.05, 0.1) is 16.9 Å². The molecule has 2 aromatic heterocycles. The van der Waals surface area contributed by atoms with Gasteiger partial charge >= 0.3 is 5.97 Å². The van der Waals surface area contributed by atoms with Gasteiger partial charge in [0.15, 0.2) is 5.65 Å². The van der Waals surface area contributed by atoms with E-state index >= 15 is 0 Å². The van der Waals surface area contributed by atoms with E-state index in [4.69, 9.17) is 0 Å². The number of aromatic nitrogens is 2. The number of hydrogen-bond donors (Lipinski definition) is 2. The topological polar surface area (TPSA) is 66.6 Å². The number of hydrogen-bond acceptors (Lipinski definition) is 3. The van der Waals surface area contributed by atoms with Crippen molar-refractivity contribution in [3.63, 3.8) is 0 Å². The largest absolute Gasteiger partial charge is 0.478 e. The van der Waals surface area contributed by atoms with Crippen LogP contribution in [-0.4, -0.2) is 20.5 Å². The highest BCUT2D eigenvalue weighted by Crippen LogP contribution is 2.28. The molecule has 3 aromatic rings. The first-order valence-corrected chi connectivity index (χ1v) is 8.88.